The zero-order chi connectivity index (χ0) is 11.8. The monoisotopic (exact) mass is 225 g/mol. The molecular weight excluding hydrogens is 198 g/mol. The Bertz CT molecular complexity index is 253. The van der Waals surface area contributed by atoms with E-state index >= 15 is 0 Å². The molecule has 2 rings (SSSR count). The van der Waals surface area contributed by atoms with Crippen LogP contribution in [0.25, 0.3) is 0 Å². The van der Waals surface area contributed by atoms with Crippen molar-refractivity contribution in [1.82, 2.24) is 5.32 Å². The summed E-state index contributed by atoms with van der Waals surface area (Å²) in [5.74, 6) is 1.34. The van der Waals surface area contributed by atoms with Gasteiger partial charge in [-0.25, -0.2) is 0 Å². The Morgan fingerprint density at radius 3 is 2.75 bits per heavy atom. The highest BCUT2D eigenvalue weighted by Crippen LogP contribution is 2.45. The molecule has 1 spiro atoms. The van der Waals surface area contributed by atoms with Crippen LogP contribution < -0.4 is 5.32 Å². The molecule has 2 fully saturated rings. The lowest BCUT2D eigenvalue weighted by Crippen LogP contribution is -2.62. The molecule has 3 atom stereocenters. The van der Waals surface area contributed by atoms with Crippen LogP contribution >= 0.6 is 0 Å². The minimum atomic E-state index is 0.0238. The van der Waals surface area contributed by atoms with E-state index in [4.69, 9.17) is 4.74 Å². The predicted octanol–water partition coefficient (Wildman–Crippen LogP) is 2.97. The van der Waals surface area contributed by atoms with E-state index in [0.29, 0.717) is 5.92 Å². The summed E-state index contributed by atoms with van der Waals surface area (Å²) in [6.45, 7) is 11.2. The fourth-order valence-electron chi connectivity index (χ4n) is 3.44. The van der Waals surface area contributed by atoms with Gasteiger partial charge in [-0.1, -0.05) is 33.6 Å². The Hall–Kier alpha value is -0.0800. The van der Waals surface area contributed by atoms with Gasteiger partial charge in [0.2, 0.25) is 0 Å². The second-order valence-electron chi connectivity index (χ2n) is 6.24. The van der Waals surface area contributed by atoms with E-state index in [1.807, 2.05) is 0 Å². The average molecular weight is 225 g/mol. The molecule has 0 aromatic heterocycles. The Balaban J connectivity index is 2.17. The summed E-state index contributed by atoms with van der Waals surface area (Å²) in [6.07, 6.45) is 5.21. The minimum absolute atomic E-state index is 0.0238. The topological polar surface area (TPSA) is 21.3 Å². The molecule has 0 radical (unpaired) electrons. The van der Waals surface area contributed by atoms with Crippen molar-refractivity contribution in [3.63, 3.8) is 0 Å². The Labute approximate surface area is 100 Å². The molecule has 1 heterocycles. The molecule has 2 aliphatic rings. The molecule has 3 unspecified atom stereocenters. The van der Waals surface area contributed by atoms with Crippen LogP contribution in [-0.2, 0) is 4.74 Å². The fourth-order valence-corrected chi connectivity index (χ4v) is 3.44. The summed E-state index contributed by atoms with van der Waals surface area (Å²) in [4.78, 5) is 0. The number of hydrogen-bond acceptors (Lipinski definition) is 2. The molecule has 1 saturated carbocycles. The molecule has 2 heteroatoms. The van der Waals surface area contributed by atoms with Gasteiger partial charge < -0.3 is 10.1 Å². The van der Waals surface area contributed by atoms with Gasteiger partial charge in [-0.05, 0) is 31.6 Å². The molecule has 0 amide bonds. The Kier molecular flexibility index (Phi) is 3.33. The molecule has 16 heavy (non-hydrogen) atoms. The maximum absolute atomic E-state index is 6.62. The first kappa shape index (κ1) is 12.4. The molecule has 1 aliphatic heterocycles. The zero-order valence-corrected chi connectivity index (χ0v) is 11.3. The van der Waals surface area contributed by atoms with Crippen LogP contribution in [0.1, 0.15) is 53.4 Å². The summed E-state index contributed by atoms with van der Waals surface area (Å²) in [7, 11) is 0. The van der Waals surface area contributed by atoms with Gasteiger partial charge >= 0.3 is 0 Å². The van der Waals surface area contributed by atoms with E-state index in [9.17, 15) is 0 Å². The largest absolute Gasteiger partial charge is 0.366 e. The van der Waals surface area contributed by atoms with E-state index in [0.717, 1.165) is 19.0 Å². The van der Waals surface area contributed by atoms with E-state index in [2.05, 4.69) is 33.0 Å². The van der Waals surface area contributed by atoms with E-state index in [1.54, 1.807) is 0 Å². The molecule has 0 aromatic carbocycles. The second kappa shape index (κ2) is 4.30. The van der Waals surface area contributed by atoms with E-state index < -0.39 is 0 Å². The third-order valence-electron chi connectivity index (χ3n) is 4.95. The van der Waals surface area contributed by atoms with Gasteiger partial charge in [-0.15, -0.1) is 0 Å². The number of ether oxygens (including phenoxy) is 1. The quantitative estimate of drug-likeness (QED) is 0.780. The highest BCUT2D eigenvalue weighted by molar-refractivity contribution is 5.02. The van der Waals surface area contributed by atoms with Gasteiger partial charge in [0.1, 0.15) is 0 Å². The highest BCUT2D eigenvalue weighted by Gasteiger charge is 2.50. The number of morpholine rings is 1. The van der Waals surface area contributed by atoms with Crippen LogP contribution in [0.5, 0.6) is 0 Å². The summed E-state index contributed by atoms with van der Waals surface area (Å²) in [6, 6.07) is 0. The molecule has 2 nitrogen and oxygen atoms in total. The lowest BCUT2D eigenvalue weighted by Gasteiger charge is -2.50. The molecular formula is C14H27NO. The summed E-state index contributed by atoms with van der Waals surface area (Å²) in [5, 5.41) is 3.63. The van der Waals surface area contributed by atoms with Crippen molar-refractivity contribution < 1.29 is 4.74 Å². The van der Waals surface area contributed by atoms with Gasteiger partial charge in [-0.2, -0.15) is 0 Å². The van der Waals surface area contributed by atoms with Crippen molar-refractivity contribution in [3.05, 3.63) is 0 Å². The highest BCUT2D eigenvalue weighted by atomic mass is 16.5. The summed E-state index contributed by atoms with van der Waals surface area (Å²) in [5.41, 5.74) is 0.169. The third-order valence-corrected chi connectivity index (χ3v) is 4.95. The van der Waals surface area contributed by atoms with Gasteiger partial charge in [0.25, 0.3) is 0 Å². The van der Waals surface area contributed by atoms with Crippen LogP contribution in [0.15, 0.2) is 0 Å². The van der Waals surface area contributed by atoms with E-state index in [-0.39, 0.29) is 11.2 Å². The Morgan fingerprint density at radius 2 is 2.12 bits per heavy atom. The maximum atomic E-state index is 6.62. The molecule has 0 aromatic rings. The zero-order valence-electron chi connectivity index (χ0n) is 11.3. The van der Waals surface area contributed by atoms with Gasteiger partial charge in [-0.3, -0.25) is 0 Å². The fraction of sp³-hybridized carbons (Fsp3) is 1.00. The minimum Gasteiger partial charge on any atom is -0.366 e. The van der Waals surface area contributed by atoms with E-state index in [1.165, 1.54) is 25.7 Å². The molecule has 1 saturated heterocycles. The van der Waals surface area contributed by atoms with Crippen LogP contribution in [0, 0.1) is 11.8 Å². The smallest absolute Gasteiger partial charge is 0.0842 e. The molecule has 0 bridgehead atoms. The first-order valence-corrected chi connectivity index (χ1v) is 6.93. The third kappa shape index (κ3) is 1.91. The van der Waals surface area contributed by atoms with Crippen molar-refractivity contribution in [2.24, 2.45) is 11.8 Å². The van der Waals surface area contributed by atoms with Gasteiger partial charge in [0.15, 0.2) is 0 Å². The van der Waals surface area contributed by atoms with Gasteiger partial charge in [0, 0.05) is 13.1 Å². The summed E-state index contributed by atoms with van der Waals surface area (Å²) < 4.78 is 6.62. The van der Waals surface area contributed by atoms with Crippen LogP contribution in [0.2, 0.25) is 0 Å². The summed E-state index contributed by atoms with van der Waals surface area (Å²) >= 11 is 0. The first-order valence-electron chi connectivity index (χ1n) is 6.93. The average Bonchev–Trinajstić information content (AvgIpc) is 2.60. The van der Waals surface area contributed by atoms with Crippen molar-refractivity contribution >= 4 is 0 Å². The predicted molar refractivity (Wildman–Crippen MR) is 67.6 cm³/mol. The normalized spacial score (nSPS) is 44.4. The maximum Gasteiger partial charge on any atom is 0.0842 e. The number of hydrogen-bond donors (Lipinski definition) is 1. The Morgan fingerprint density at radius 1 is 1.38 bits per heavy atom. The van der Waals surface area contributed by atoms with Crippen LogP contribution in [0.3, 0.4) is 0 Å². The number of nitrogens with one attached hydrogen (secondary N) is 1. The molecule has 1 N–H and O–H groups in total. The molecule has 1 aliphatic carbocycles. The lowest BCUT2D eigenvalue weighted by molar-refractivity contribution is -0.203. The SMILES string of the molecule is CCC1CCCC12CNCC(C)(C(C)C)O2. The van der Waals surface area contributed by atoms with Crippen LogP contribution in [0.4, 0.5) is 0 Å². The number of rotatable bonds is 2. The van der Waals surface area contributed by atoms with Crippen LogP contribution in [-0.4, -0.2) is 24.3 Å². The van der Waals surface area contributed by atoms with Crippen molar-refractivity contribution in [2.45, 2.75) is 64.6 Å². The first-order chi connectivity index (χ1) is 7.52. The standard InChI is InChI=1S/C14H27NO/c1-5-12-7-6-8-14(12)10-15-9-13(4,16-14)11(2)3/h11-12,15H,5-10H2,1-4H3. The lowest BCUT2D eigenvalue weighted by atomic mass is 9.82. The van der Waals surface area contributed by atoms with Gasteiger partial charge in [0.05, 0.1) is 11.2 Å². The van der Waals surface area contributed by atoms with Crippen molar-refractivity contribution in [2.75, 3.05) is 13.1 Å². The molecule has 94 valence electrons. The van der Waals surface area contributed by atoms with Crippen molar-refractivity contribution in [3.8, 4) is 0 Å². The second-order valence-corrected chi connectivity index (χ2v) is 6.24. The van der Waals surface area contributed by atoms with Crippen molar-refractivity contribution in [1.29, 1.82) is 0 Å².